The van der Waals surface area contributed by atoms with E-state index in [1.165, 1.54) is 19.2 Å². The van der Waals surface area contributed by atoms with E-state index in [0.717, 1.165) is 0 Å². The number of nitrogens with one attached hydrogen (secondary N) is 2. The summed E-state index contributed by atoms with van der Waals surface area (Å²) in [6.07, 6.45) is -0.0108. The minimum atomic E-state index is -0.826. The van der Waals surface area contributed by atoms with E-state index in [4.69, 9.17) is 14.2 Å². The van der Waals surface area contributed by atoms with Crippen molar-refractivity contribution >= 4 is 29.6 Å². The lowest BCUT2D eigenvalue weighted by Crippen LogP contribution is -2.47. The third-order valence-electron chi connectivity index (χ3n) is 4.06. The van der Waals surface area contributed by atoms with Crippen molar-refractivity contribution in [3.05, 3.63) is 29.8 Å². The number of benzene rings is 1. The molecule has 0 saturated heterocycles. The number of amides is 2. The zero-order chi connectivity index (χ0) is 22.9. The van der Waals surface area contributed by atoms with Crippen molar-refractivity contribution in [3.63, 3.8) is 0 Å². The topological polar surface area (TPSA) is 120 Å². The number of methoxy groups -OCH3 is 1. The normalized spacial score (nSPS) is 12.9. The van der Waals surface area contributed by atoms with E-state index in [0.29, 0.717) is 12.1 Å². The molecule has 0 radical (unpaired) electrons. The molecule has 0 aliphatic heterocycles. The lowest BCUT2D eigenvalue weighted by atomic mass is 9.99. The van der Waals surface area contributed by atoms with E-state index in [1.54, 1.807) is 39.8 Å². The van der Waals surface area contributed by atoms with Gasteiger partial charge in [0.1, 0.15) is 11.6 Å². The fourth-order valence-corrected chi connectivity index (χ4v) is 2.37. The predicted octanol–water partition coefficient (Wildman–Crippen LogP) is 2.89. The first-order valence-corrected chi connectivity index (χ1v) is 9.61. The highest BCUT2D eigenvalue weighted by atomic mass is 16.6. The molecular weight excluding hydrogens is 392 g/mol. The van der Waals surface area contributed by atoms with Gasteiger partial charge in [-0.25, -0.2) is 14.4 Å². The predicted molar refractivity (Wildman–Crippen MR) is 110 cm³/mol. The van der Waals surface area contributed by atoms with Crippen LogP contribution < -0.4 is 10.6 Å². The van der Waals surface area contributed by atoms with Gasteiger partial charge in [0.15, 0.2) is 6.61 Å². The quantitative estimate of drug-likeness (QED) is 0.488. The molecule has 2 N–H and O–H groups in total. The van der Waals surface area contributed by atoms with Gasteiger partial charge in [-0.1, -0.05) is 26.3 Å². The molecule has 0 bridgehead atoms. The van der Waals surface area contributed by atoms with Gasteiger partial charge in [-0.2, -0.15) is 0 Å². The summed E-state index contributed by atoms with van der Waals surface area (Å²) >= 11 is 0. The van der Waals surface area contributed by atoms with Gasteiger partial charge in [0, 0.05) is 5.69 Å². The Labute approximate surface area is 176 Å². The van der Waals surface area contributed by atoms with Crippen molar-refractivity contribution in [1.82, 2.24) is 5.32 Å². The number of hydrogen-bond donors (Lipinski definition) is 2. The van der Waals surface area contributed by atoms with E-state index in [9.17, 15) is 19.2 Å². The molecule has 0 saturated carbocycles. The van der Waals surface area contributed by atoms with Gasteiger partial charge >= 0.3 is 18.0 Å². The number of anilines is 1. The van der Waals surface area contributed by atoms with Crippen LogP contribution in [-0.4, -0.2) is 49.3 Å². The number of carbonyl (C=O) groups excluding carboxylic acids is 4. The van der Waals surface area contributed by atoms with Gasteiger partial charge in [-0.15, -0.1) is 0 Å². The Morgan fingerprint density at radius 1 is 1.13 bits per heavy atom. The first kappa shape index (κ1) is 24.9. The zero-order valence-corrected chi connectivity index (χ0v) is 18.2. The molecule has 30 heavy (non-hydrogen) atoms. The highest BCUT2D eigenvalue weighted by molar-refractivity contribution is 5.94. The summed E-state index contributed by atoms with van der Waals surface area (Å²) < 4.78 is 14.9. The highest BCUT2D eigenvalue weighted by Crippen LogP contribution is 2.14. The zero-order valence-electron chi connectivity index (χ0n) is 18.2. The fourth-order valence-electron chi connectivity index (χ4n) is 2.37. The Morgan fingerprint density at radius 3 is 2.37 bits per heavy atom. The van der Waals surface area contributed by atoms with Crippen LogP contribution in [0.1, 0.15) is 51.4 Å². The SMILES string of the molecule is CC[C@H](C)[C@@H](NC(=O)COC(=O)c1cccc(NC(=O)OC(C)(C)C)c1)C(=O)OC. The summed E-state index contributed by atoms with van der Waals surface area (Å²) in [6, 6.07) is 5.20. The molecule has 1 aromatic carbocycles. The number of rotatable bonds is 8. The maximum Gasteiger partial charge on any atom is 0.412 e. The van der Waals surface area contributed by atoms with E-state index in [-0.39, 0.29) is 11.5 Å². The molecule has 0 aliphatic carbocycles. The molecule has 2 atom stereocenters. The van der Waals surface area contributed by atoms with Gasteiger partial charge in [-0.05, 0) is 44.9 Å². The van der Waals surface area contributed by atoms with Crippen LogP contribution in [-0.2, 0) is 23.8 Å². The van der Waals surface area contributed by atoms with Crippen molar-refractivity contribution in [1.29, 1.82) is 0 Å². The smallest absolute Gasteiger partial charge is 0.412 e. The van der Waals surface area contributed by atoms with E-state index < -0.39 is 42.2 Å². The molecule has 2 amide bonds. The number of hydrogen-bond acceptors (Lipinski definition) is 7. The lowest BCUT2D eigenvalue weighted by Gasteiger charge is -2.21. The molecule has 0 spiro atoms. The van der Waals surface area contributed by atoms with Gasteiger partial charge in [-0.3, -0.25) is 10.1 Å². The lowest BCUT2D eigenvalue weighted by molar-refractivity contribution is -0.147. The Kier molecular flexibility index (Phi) is 9.29. The van der Waals surface area contributed by atoms with Crippen molar-refractivity contribution in [2.45, 2.75) is 52.7 Å². The Hall–Kier alpha value is -3.10. The largest absolute Gasteiger partial charge is 0.467 e. The Morgan fingerprint density at radius 2 is 1.80 bits per heavy atom. The summed E-state index contributed by atoms with van der Waals surface area (Å²) in [5.74, 6) is -2.09. The van der Waals surface area contributed by atoms with E-state index >= 15 is 0 Å². The van der Waals surface area contributed by atoms with Crippen molar-refractivity contribution in [2.75, 3.05) is 19.0 Å². The maximum atomic E-state index is 12.2. The summed E-state index contributed by atoms with van der Waals surface area (Å²) in [5, 5.41) is 5.04. The second-order valence-corrected chi connectivity index (χ2v) is 7.74. The molecule has 0 fully saturated rings. The fraction of sp³-hybridized carbons (Fsp3) is 0.524. The second kappa shape index (κ2) is 11.2. The molecule has 9 nitrogen and oxygen atoms in total. The van der Waals surface area contributed by atoms with Crippen LogP contribution in [0.2, 0.25) is 0 Å². The van der Waals surface area contributed by atoms with Crippen LogP contribution in [0.15, 0.2) is 24.3 Å². The first-order valence-electron chi connectivity index (χ1n) is 9.61. The summed E-state index contributed by atoms with van der Waals surface area (Å²) in [6.45, 7) is 8.32. The molecule has 0 aromatic heterocycles. The standard InChI is InChI=1S/C21H30N2O7/c1-7-13(2)17(19(26)28-6)23-16(24)12-29-18(25)14-9-8-10-15(11-14)22-20(27)30-21(3,4)5/h8-11,13,17H,7,12H2,1-6H3,(H,22,27)(H,23,24)/t13-,17+/m0/s1. The Bertz CT molecular complexity index is 771. The number of esters is 2. The summed E-state index contributed by atoms with van der Waals surface area (Å²) in [5.41, 5.74) is -0.181. The van der Waals surface area contributed by atoms with E-state index in [2.05, 4.69) is 10.6 Å². The third-order valence-corrected chi connectivity index (χ3v) is 4.06. The molecule has 0 unspecified atom stereocenters. The van der Waals surface area contributed by atoms with Crippen molar-refractivity contribution in [2.24, 2.45) is 5.92 Å². The van der Waals surface area contributed by atoms with Crippen LogP contribution in [0.5, 0.6) is 0 Å². The maximum absolute atomic E-state index is 12.2. The van der Waals surface area contributed by atoms with Crippen LogP contribution in [0, 0.1) is 5.92 Å². The van der Waals surface area contributed by atoms with Crippen LogP contribution in [0.3, 0.4) is 0 Å². The second-order valence-electron chi connectivity index (χ2n) is 7.74. The molecule has 1 rings (SSSR count). The van der Waals surface area contributed by atoms with Crippen LogP contribution >= 0.6 is 0 Å². The monoisotopic (exact) mass is 422 g/mol. The molecule has 0 aliphatic rings. The summed E-state index contributed by atoms with van der Waals surface area (Å²) in [7, 11) is 1.24. The van der Waals surface area contributed by atoms with Crippen molar-refractivity contribution in [3.8, 4) is 0 Å². The number of ether oxygens (including phenoxy) is 3. The Balaban J connectivity index is 2.67. The van der Waals surface area contributed by atoms with E-state index in [1.807, 2.05) is 6.92 Å². The molecule has 1 aromatic rings. The minimum absolute atomic E-state index is 0.141. The molecule has 166 valence electrons. The van der Waals surface area contributed by atoms with Gasteiger partial charge < -0.3 is 19.5 Å². The molecule has 0 heterocycles. The first-order chi connectivity index (χ1) is 14.0. The number of carbonyl (C=O) groups is 4. The summed E-state index contributed by atoms with van der Waals surface area (Å²) in [4.78, 5) is 48.0. The van der Waals surface area contributed by atoms with Crippen LogP contribution in [0.25, 0.3) is 0 Å². The van der Waals surface area contributed by atoms with Crippen LogP contribution in [0.4, 0.5) is 10.5 Å². The van der Waals surface area contributed by atoms with Gasteiger partial charge in [0.25, 0.3) is 5.91 Å². The van der Waals surface area contributed by atoms with Gasteiger partial charge in [0.2, 0.25) is 0 Å². The van der Waals surface area contributed by atoms with Gasteiger partial charge in [0.05, 0.1) is 12.7 Å². The minimum Gasteiger partial charge on any atom is -0.467 e. The third kappa shape index (κ3) is 8.50. The molecular formula is C21H30N2O7. The average molecular weight is 422 g/mol. The highest BCUT2D eigenvalue weighted by Gasteiger charge is 2.27. The average Bonchev–Trinajstić information content (AvgIpc) is 2.67. The molecule has 9 heteroatoms. The van der Waals surface area contributed by atoms with Crippen molar-refractivity contribution < 1.29 is 33.4 Å².